The van der Waals surface area contributed by atoms with Gasteiger partial charge in [0.15, 0.2) is 12.1 Å². The normalized spacial score (nSPS) is 13.5. The second-order valence-electron chi connectivity index (χ2n) is 9.48. The number of rotatable bonds is 10. The number of primary amides is 1. The number of amides is 1. The maximum absolute atomic E-state index is 14.0. The van der Waals surface area contributed by atoms with E-state index in [0.29, 0.717) is 28.4 Å². The van der Waals surface area contributed by atoms with Crippen LogP contribution >= 0.6 is 0 Å². The first-order valence-corrected chi connectivity index (χ1v) is 12.7. The van der Waals surface area contributed by atoms with E-state index in [4.69, 9.17) is 30.4 Å². The Morgan fingerprint density at radius 3 is 1.98 bits per heavy atom. The minimum Gasteiger partial charge on any atom is -0.497 e. The summed E-state index contributed by atoms with van der Waals surface area (Å²) in [6, 6.07) is 27.8. The van der Waals surface area contributed by atoms with E-state index < -0.39 is 17.4 Å². The van der Waals surface area contributed by atoms with Crippen LogP contribution in [-0.4, -0.2) is 39.3 Å². The van der Waals surface area contributed by atoms with Crippen molar-refractivity contribution in [3.05, 3.63) is 113 Å². The highest BCUT2D eigenvalue weighted by molar-refractivity contribution is 5.88. The van der Waals surface area contributed by atoms with Crippen LogP contribution in [0, 0.1) is 0 Å². The van der Waals surface area contributed by atoms with Crippen LogP contribution in [0.1, 0.15) is 28.2 Å². The Labute approximate surface area is 232 Å². The van der Waals surface area contributed by atoms with Gasteiger partial charge in [-0.25, -0.2) is 4.79 Å². The summed E-state index contributed by atoms with van der Waals surface area (Å²) in [4.78, 5) is 25.2. The molecule has 0 radical (unpaired) electrons. The van der Waals surface area contributed by atoms with E-state index in [1.807, 2.05) is 24.3 Å². The summed E-state index contributed by atoms with van der Waals surface area (Å²) in [6.45, 7) is -0.171. The third-order valence-electron chi connectivity index (χ3n) is 7.19. The van der Waals surface area contributed by atoms with Crippen molar-refractivity contribution in [1.82, 2.24) is 0 Å². The molecular formula is C32H30N2O6. The van der Waals surface area contributed by atoms with Gasteiger partial charge in [-0.3, -0.25) is 4.79 Å². The molecule has 5 rings (SSSR count). The van der Waals surface area contributed by atoms with E-state index in [1.54, 1.807) is 49.6 Å². The predicted octanol–water partition coefficient (Wildman–Crippen LogP) is 4.13. The van der Waals surface area contributed by atoms with Gasteiger partial charge < -0.3 is 30.4 Å². The molecule has 0 aliphatic heterocycles. The number of fused-ring (bicyclic) bond motifs is 3. The number of benzene rings is 4. The highest BCUT2D eigenvalue weighted by Gasteiger charge is 2.43. The van der Waals surface area contributed by atoms with Crippen LogP contribution in [0.3, 0.4) is 0 Å². The van der Waals surface area contributed by atoms with Crippen molar-refractivity contribution in [2.45, 2.75) is 11.5 Å². The molecule has 0 fully saturated rings. The molecule has 0 saturated carbocycles. The molecule has 0 saturated heterocycles. The van der Waals surface area contributed by atoms with Gasteiger partial charge in [-0.05, 0) is 52.1 Å². The molecule has 1 amide bonds. The number of hydrogen-bond acceptors (Lipinski definition) is 7. The van der Waals surface area contributed by atoms with Crippen LogP contribution in [0.25, 0.3) is 11.1 Å². The Kier molecular flexibility index (Phi) is 7.44. The van der Waals surface area contributed by atoms with Gasteiger partial charge in [0.2, 0.25) is 0 Å². The molecule has 4 aromatic rings. The molecule has 4 aromatic carbocycles. The number of hydrogen-bond donors (Lipinski definition) is 2. The summed E-state index contributed by atoms with van der Waals surface area (Å²) in [5.41, 5.74) is 15.7. The SMILES string of the molecule is COc1ccc(C(N)(C(=O)OCC2c3ccccc3-c3ccccc32)c2ccc(OCC(N)=O)cc2)c(OC)c1. The second kappa shape index (κ2) is 11.1. The molecule has 8 heteroatoms. The van der Waals surface area contributed by atoms with Gasteiger partial charge in [0, 0.05) is 17.5 Å². The lowest BCUT2D eigenvalue weighted by Gasteiger charge is -2.30. The van der Waals surface area contributed by atoms with Gasteiger partial charge >= 0.3 is 5.97 Å². The summed E-state index contributed by atoms with van der Waals surface area (Å²) in [5.74, 6) is -0.0698. The Morgan fingerprint density at radius 1 is 0.800 bits per heavy atom. The average molecular weight is 539 g/mol. The predicted molar refractivity (Wildman–Crippen MR) is 150 cm³/mol. The lowest BCUT2D eigenvalue weighted by molar-refractivity contribution is -0.149. The fraction of sp³-hybridized carbons (Fsp3) is 0.188. The van der Waals surface area contributed by atoms with E-state index in [0.717, 1.165) is 22.3 Å². The fourth-order valence-electron chi connectivity index (χ4n) is 5.19. The van der Waals surface area contributed by atoms with Gasteiger partial charge in [-0.2, -0.15) is 0 Å². The fourth-order valence-corrected chi connectivity index (χ4v) is 5.19. The van der Waals surface area contributed by atoms with Crippen molar-refractivity contribution in [2.75, 3.05) is 27.4 Å². The molecule has 1 atom stereocenters. The number of carbonyl (C=O) groups is 2. The first kappa shape index (κ1) is 26.8. The standard InChI is InChI=1S/C32H30N2O6/c1-37-22-15-16-28(29(17-22)38-2)32(34,20-11-13-21(14-12-20)39-19-30(33)35)31(36)40-18-27-25-9-5-3-7-23(25)24-8-4-6-10-26(24)27/h3-17,27H,18-19,34H2,1-2H3,(H2,33,35). The molecule has 40 heavy (non-hydrogen) atoms. The van der Waals surface area contributed by atoms with E-state index in [2.05, 4.69) is 24.3 Å². The van der Waals surface area contributed by atoms with Crippen LogP contribution in [0.2, 0.25) is 0 Å². The van der Waals surface area contributed by atoms with Gasteiger partial charge in [0.25, 0.3) is 5.91 Å². The molecular weight excluding hydrogens is 508 g/mol. The summed E-state index contributed by atoms with van der Waals surface area (Å²) >= 11 is 0. The highest BCUT2D eigenvalue weighted by Crippen LogP contribution is 2.45. The third-order valence-corrected chi connectivity index (χ3v) is 7.19. The van der Waals surface area contributed by atoms with Crippen molar-refractivity contribution in [3.8, 4) is 28.4 Å². The largest absolute Gasteiger partial charge is 0.497 e. The summed E-state index contributed by atoms with van der Waals surface area (Å²) in [7, 11) is 3.04. The summed E-state index contributed by atoms with van der Waals surface area (Å²) < 4.78 is 22.4. The quantitative estimate of drug-likeness (QED) is 0.291. The number of ether oxygens (including phenoxy) is 4. The first-order valence-electron chi connectivity index (χ1n) is 12.7. The van der Waals surface area contributed by atoms with Gasteiger partial charge in [0.05, 0.1) is 14.2 Å². The minimum atomic E-state index is -1.74. The molecule has 8 nitrogen and oxygen atoms in total. The van der Waals surface area contributed by atoms with E-state index in [9.17, 15) is 9.59 Å². The smallest absolute Gasteiger partial charge is 0.335 e. The monoisotopic (exact) mass is 538 g/mol. The summed E-state index contributed by atoms with van der Waals surface area (Å²) in [5, 5.41) is 0. The van der Waals surface area contributed by atoms with Crippen molar-refractivity contribution in [3.63, 3.8) is 0 Å². The van der Waals surface area contributed by atoms with Crippen LogP contribution < -0.4 is 25.7 Å². The molecule has 0 heterocycles. The molecule has 1 aliphatic rings. The molecule has 0 bridgehead atoms. The number of nitrogens with two attached hydrogens (primary N) is 2. The van der Waals surface area contributed by atoms with Crippen LogP contribution in [0.5, 0.6) is 17.2 Å². The molecule has 4 N–H and O–H groups in total. The Balaban J connectivity index is 1.51. The lowest BCUT2D eigenvalue weighted by Crippen LogP contribution is -2.47. The Bertz CT molecular complexity index is 1510. The van der Waals surface area contributed by atoms with Crippen LogP contribution in [-0.2, 0) is 19.9 Å². The highest BCUT2D eigenvalue weighted by atomic mass is 16.5. The first-order chi connectivity index (χ1) is 19.4. The lowest BCUT2D eigenvalue weighted by atomic mass is 9.83. The molecule has 1 unspecified atom stereocenters. The topological polar surface area (TPSA) is 123 Å². The molecule has 0 spiro atoms. The van der Waals surface area contributed by atoms with Gasteiger partial charge in [-0.1, -0.05) is 60.7 Å². The summed E-state index contributed by atoms with van der Waals surface area (Å²) in [6.07, 6.45) is 0. The maximum atomic E-state index is 14.0. The third kappa shape index (κ3) is 4.85. The molecule has 0 aromatic heterocycles. The molecule has 204 valence electrons. The van der Waals surface area contributed by atoms with E-state index in [-0.39, 0.29) is 19.1 Å². The Morgan fingerprint density at radius 2 is 1.40 bits per heavy atom. The second-order valence-corrected chi connectivity index (χ2v) is 9.48. The van der Waals surface area contributed by atoms with Crippen molar-refractivity contribution < 1.29 is 28.5 Å². The zero-order valence-electron chi connectivity index (χ0n) is 22.3. The Hall–Kier alpha value is -4.82. The number of methoxy groups -OCH3 is 2. The van der Waals surface area contributed by atoms with Gasteiger partial charge in [-0.15, -0.1) is 0 Å². The number of esters is 1. The molecule has 1 aliphatic carbocycles. The van der Waals surface area contributed by atoms with Crippen molar-refractivity contribution in [2.24, 2.45) is 11.5 Å². The van der Waals surface area contributed by atoms with Crippen molar-refractivity contribution >= 4 is 11.9 Å². The zero-order valence-corrected chi connectivity index (χ0v) is 22.3. The van der Waals surface area contributed by atoms with Gasteiger partial charge in [0.1, 0.15) is 23.9 Å². The zero-order chi connectivity index (χ0) is 28.3. The van der Waals surface area contributed by atoms with E-state index >= 15 is 0 Å². The minimum absolute atomic E-state index is 0.101. The van der Waals surface area contributed by atoms with Crippen LogP contribution in [0.15, 0.2) is 91.0 Å². The van der Waals surface area contributed by atoms with Crippen LogP contribution in [0.4, 0.5) is 0 Å². The number of carbonyl (C=O) groups excluding carboxylic acids is 2. The van der Waals surface area contributed by atoms with Crippen molar-refractivity contribution in [1.29, 1.82) is 0 Å². The maximum Gasteiger partial charge on any atom is 0.335 e. The average Bonchev–Trinajstić information content (AvgIpc) is 3.31. The van der Waals surface area contributed by atoms with E-state index in [1.165, 1.54) is 7.11 Å².